The fourth-order valence-electron chi connectivity index (χ4n) is 2.87. The molecule has 0 bridgehead atoms. The van der Waals surface area contributed by atoms with Crippen molar-refractivity contribution in [3.8, 4) is 0 Å². The molecule has 0 saturated heterocycles. The Kier molecular flexibility index (Phi) is 4.54. The highest BCUT2D eigenvalue weighted by Gasteiger charge is 2.24. The highest BCUT2D eigenvalue weighted by molar-refractivity contribution is 7.98. The molecule has 0 aliphatic heterocycles. The zero-order valence-electron chi connectivity index (χ0n) is 12.7. The molecule has 1 aliphatic carbocycles. The fraction of sp³-hybridized carbons (Fsp3) is 0.533. The maximum Gasteiger partial charge on any atom is 0.326 e. The van der Waals surface area contributed by atoms with Gasteiger partial charge in [0.05, 0.1) is 5.39 Å². The van der Waals surface area contributed by atoms with Crippen molar-refractivity contribution in [3.05, 3.63) is 16.3 Å². The molecule has 2 aromatic heterocycles. The summed E-state index contributed by atoms with van der Waals surface area (Å²) in [6, 6.07) is -0.609. The lowest BCUT2D eigenvalue weighted by Gasteiger charge is -2.16. The first-order chi connectivity index (χ1) is 10.6. The molecule has 7 heteroatoms. The minimum absolute atomic E-state index is 0.577. The number of nitrogens with one attached hydrogen (secondary N) is 1. The minimum atomic E-state index is -0.828. The van der Waals surface area contributed by atoms with Crippen LogP contribution in [0, 0.1) is 6.92 Å². The number of hydrogen-bond acceptors (Lipinski definition) is 6. The number of anilines is 1. The third kappa shape index (κ3) is 2.92. The summed E-state index contributed by atoms with van der Waals surface area (Å²) in [5.74, 6) is 1.35. The molecule has 2 heterocycles. The first-order valence-corrected chi connectivity index (χ1v) is 9.58. The summed E-state index contributed by atoms with van der Waals surface area (Å²) < 4.78 is 0. The average Bonchev–Trinajstić information content (AvgIpc) is 3.02. The van der Waals surface area contributed by atoms with E-state index in [0.29, 0.717) is 18.1 Å². The second kappa shape index (κ2) is 6.42. The average molecular weight is 337 g/mol. The Morgan fingerprint density at radius 1 is 1.45 bits per heavy atom. The predicted molar refractivity (Wildman–Crippen MR) is 92.2 cm³/mol. The molecule has 1 aliphatic rings. The van der Waals surface area contributed by atoms with Gasteiger partial charge in [-0.1, -0.05) is 0 Å². The number of nitrogens with zero attached hydrogens (tertiary/aromatic N) is 2. The Labute approximate surface area is 137 Å². The smallest absolute Gasteiger partial charge is 0.326 e. The van der Waals surface area contributed by atoms with E-state index in [9.17, 15) is 9.90 Å². The molecular formula is C15H19N3O2S2. The van der Waals surface area contributed by atoms with E-state index in [1.165, 1.54) is 16.9 Å². The van der Waals surface area contributed by atoms with Crippen LogP contribution in [0.3, 0.4) is 0 Å². The number of carbonyl (C=O) groups is 1. The second-order valence-corrected chi connectivity index (χ2v) is 7.54. The number of thioether (sulfide) groups is 1. The summed E-state index contributed by atoms with van der Waals surface area (Å²) in [4.78, 5) is 22.9. The number of fused-ring (bicyclic) bond motifs is 3. The molecule has 1 atom stereocenters. The molecule has 0 radical (unpaired) electrons. The van der Waals surface area contributed by atoms with Crippen molar-refractivity contribution in [2.45, 2.75) is 38.6 Å². The normalized spacial score (nSPS) is 15.0. The summed E-state index contributed by atoms with van der Waals surface area (Å²) in [5, 5.41) is 13.6. The summed E-state index contributed by atoms with van der Waals surface area (Å²) in [7, 11) is 0. The van der Waals surface area contributed by atoms with Crippen molar-refractivity contribution in [1.82, 2.24) is 9.97 Å². The van der Waals surface area contributed by atoms with Gasteiger partial charge in [-0.05, 0) is 50.2 Å². The number of aromatic nitrogens is 2. The van der Waals surface area contributed by atoms with Crippen LogP contribution in [-0.4, -0.2) is 39.1 Å². The standard InChI is InChI=1S/C15H19N3O2S2/c1-8-16-13(18-10(15(19)20)6-7-21-2)12-9-4-3-5-11(9)22-14(12)17-8/h10H,3-7H2,1-2H3,(H,19,20)(H,16,17,18). The van der Waals surface area contributed by atoms with E-state index < -0.39 is 12.0 Å². The quantitative estimate of drug-likeness (QED) is 0.843. The third-order valence-corrected chi connectivity index (χ3v) is 5.73. The van der Waals surface area contributed by atoms with Crippen LogP contribution in [0.25, 0.3) is 10.2 Å². The van der Waals surface area contributed by atoms with Gasteiger partial charge in [-0.25, -0.2) is 14.8 Å². The number of thiophene rings is 1. The molecule has 3 rings (SSSR count). The van der Waals surface area contributed by atoms with Crippen LogP contribution in [0.4, 0.5) is 5.82 Å². The number of carboxylic acids is 1. The van der Waals surface area contributed by atoms with Gasteiger partial charge in [0.15, 0.2) is 0 Å². The summed E-state index contributed by atoms with van der Waals surface area (Å²) >= 11 is 3.38. The SMILES string of the molecule is CSCCC(Nc1nc(C)nc2sc3c(c12)CCC3)C(=O)O. The lowest BCUT2D eigenvalue weighted by Crippen LogP contribution is -2.30. The van der Waals surface area contributed by atoms with Gasteiger partial charge in [-0.15, -0.1) is 11.3 Å². The molecule has 0 amide bonds. The van der Waals surface area contributed by atoms with Crippen molar-refractivity contribution in [1.29, 1.82) is 0 Å². The van der Waals surface area contributed by atoms with Gasteiger partial charge in [0.25, 0.3) is 0 Å². The maximum absolute atomic E-state index is 11.5. The van der Waals surface area contributed by atoms with Crippen LogP contribution in [0.2, 0.25) is 0 Å². The Bertz CT molecular complexity index is 714. The molecule has 2 aromatic rings. The Morgan fingerprint density at radius 2 is 2.27 bits per heavy atom. The van der Waals surface area contributed by atoms with E-state index in [1.54, 1.807) is 23.1 Å². The second-order valence-electron chi connectivity index (χ2n) is 5.47. The monoisotopic (exact) mass is 337 g/mol. The van der Waals surface area contributed by atoms with Gasteiger partial charge in [0.2, 0.25) is 0 Å². The van der Waals surface area contributed by atoms with Gasteiger partial charge in [-0.3, -0.25) is 0 Å². The van der Waals surface area contributed by atoms with Crippen molar-refractivity contribution in [2.24, 2.45) is 0 Å². The molecule has 0 spiro atoms. The van der Waals surface area contributed by atoms with E-state index in [0.717, 1.165) is 28.8 Å². The van der Waals surface area contributed by atoms with Crippen LogP contribution < -0.4 is 5.32 Å². The van der Waals surface area contributed by atoms with Gasteiger partial charge in [0.1, 0.15) is 22.5 Å². The largest absolute Gasteiger partial charge is 0.480 e. The number of aliphatic carboxylic acids is 1. The third-order valence-electron chi connectivity index (χ3n) is 3.90. The van der Waals surface area contributed by atoms with Crippen LogP contribution in [0.1, 0.15) is 29.1 Å². The van der Waals surface area contributed by atoms with Crippen LogP contribution in [0.5, 0.6) is 0 Å². The van der Waals surface area contributed by atoms with E-state index in [1.807, 2.05) is 13.2 Å². The molecule has 0 saturated carbocycles. The minimum Gasteiger partial charge on any atom is -0.480 e. The molecule has 22 heavy (non-hydrogen) atoms. The van der Waals surface area contributed by atoms with Crippen molar-refractivity contribution in [2.75, 3.05) is 17.3 Å². The lowest BCUT2D eigenvalue weighted by molar-refractivity contribution is -0.137. The first-order valence-electron chi connectivity index (χ1n) is 7.37. The number of carboxylic acid groups (broad SMARTS) is 1. The lowest BCUT2D eigenvalue weighted by atomic mass is 10.1. The first kappa shape index (κ1) is 15.6. The Morgan fingerprint density at radius 3 is 3.00 bits per heavy atom. The van der Waals surface area contributed by atoms with Crippen molar-refractivity contribution >= 4 is 45.1 Å². The highest BCUT2D eigenvalue weighted by Crippen LogP contribution is 2.39. The Hall–Kier alpha value is -1.34. The van der Waals surface area contributed by atoms with E-state index >= 15 is 0 Å². The van der Waals surface area contributed by atoms with Crippen molar-refractivity contribution in [3.63, 3.8) is 0 Å². The molecular weight excluding hydrogens is 318 g/mol. The molecule has 2 N–H and O–H groups in total. The Balaban J connectivity index is 2.00. The van der Waals surface area contributed by atoms with Gasteiger partial charge in [0, 0.05) is 4.88 Å². The van der Waals surface area contributed by atoms with Crippen LogP contribution in [0.15, 0.2) is 0 Å². The zero-order chi connectivity index (χ0) is 15.7. The molecule has 1 unspecified atom stereocenters. The maximum atomic E-state index is 11.5. The summed E-state index contributed by atoms with van der Waals surface area (Å²) in [5.41, 5.74) is 1.32. The van der Waals surface area contributed by atoms with E-state index in [4.69, 9.17) is 0 Å². The molecule has 0 aromatic carbocycles. The number of rotatable bonds is 6. The topological polar surface area (TPSA) is 75.1 Å². The summed E-state index contributed by atoms with van der Waals surface area (Å²) in [6.45, 7) is 1.85. The highest BCUT2D eigenvalue weighted by atomic mass is 32.2. The zero-order valence-corrected chi connectivity index (χ0v) is 14.3. The van der Waals surface area contributed by atoms with Gasteiger partial charge < -0.3 is 10.4 Å². The van der Waals surface area contributed by atoms with Crippen LogP contribution >= 0.6 is 23.1 Å². The van der Waals surface area contributed by atoms with E-state index in [2.05, 4.69) is 15.3 Å². The molecule has 5 nitrogen and oxygen atoms in total. The summed E-state index contributed by atoms with van der Waals surface area (Å²) in [6.07, 6.45) is 5.87. The molecule has 0 fully saturated rings. The van der Waals surface area contributed by atoms with Crippen LogP contribution in [-0.2, 0) is 17.6 Å². The fourth-order valence-corrected chi connectivity index (χ4v) is 4.64. The van der Waals surface area contributed by atoms with Gasteiger partial charge >= 0.3 is 5.97 Å². The predicted octanol–water partition coefficient (Wildman–Crippen LogP) is 3.11. The van der Waals surface area contributed by atoms with Gasteiger partial charge in [-0.2, -0.15) is 11.8 Å². The molecule has 118 valence electrons. The number of aryl methyl sites for hydroxylation is 3. The van der Waals surface area contributed by atoms with Crippen molar-refractivity contribution < 1.29 is 9.90 Å². The number of hydrogen-bond donors (Lipinski definition) is 2. The van der Waals surface area contributed by atoms with E-state index in [-0.39, 0.29) is 0 Å².